The van der Waals surface area contributed by atoms with Crippen LogP contribution in [0.2, 0.25) is 0 Å². The number of benzene rings is 2. The second-order valence-electron chi connectivity index (χ2n) is 8.32. The summed E-state index contributed by atoms with van der Waals surface area (Å²) in [5.74, 6) is 0.287. The monoisotopic (exact) mass is 388 g/mol. The number of hydrogen-bond acceptors (Lipinski definition) is 4. The van der Waals surface area contributed by atoms with Crippen molar-refractivity contribution in [2.24, 2.45) is 0 Å². The minimum atomic E-state index is -0.242. The molecule has 0 bridgehead atoms. The van der Waals surface area contributed by atoms with Gasteiger partial charge < -0.3 is 10.2 Å². The van der Waals surface area contributed by atoms with Crippen molar-refractivity contribution < 1.29 is 4.79 Å². The lowest BCUT2D eigenvalue weighted by Crippen LogP contribution is -2.22. The number of nitrogens with zero attached hydrogens (tertiary/aromatic N) is 3. The zero-order valence-corrected chi connectivity index (χ0v) is 17.7. The molecule has 5 nitrogen and oxygen atoms in total. The molecule has 3 rings (SSSR count). The smallest absolute Gasteiger partial charge is 0.274 e. The quantitative estimate of drug-likeness (QED) is 0.670. The van der Waals surface area contributed by atoms with Gasteiger partial charge >= 0.3 is 0 Å². The molecule has 0 aliphatic heterocycles. The molecule has 3 aromatic rings. The fourth-order valence-corrected chi connectivity index (χ4v) is 3.02. The zero-order valence-electron chi connectivity index (χ0n) is 17.7. The second kappa shape index (κ2) is 8.43. The van der Waals surface area contributed by atoms with E-state index in [9.17, 15) is 4.79 Å². The first-order valence-electron chi connectivity index (χ1n) is 9.75. The Morgan fingerprint density at radius 2 is 1.66 bits per heavy atom. The van der Waals surface area contributed by atoms with Gasteiger partial charge in [0.15, 0.2) is 0 Å². The van der Waals surface area contributed by atoms with E-state index in [1.807, 2.05) is 61.3 Å². The Bertz CT molecular complexity index is 976. The van der Waals surface area contributed by atoms with Gasteiger partial charge in [0.05, 0.1) is 0 Å². The Balaban J connectivity index is 1.75. The second-order valence-corrected chi connectivity index (χ2v) is 8.32. The van der Waals surface area contributed by atoms with Gasteiger partial charge in [0.2, 0.25) is 5.95 Å². The van der Waals surface area contributed by atoms with Crippen LogP contribution in [0.5, 0.6) is 0 Å². The van der Waals surface area contributed by atoms with Crippen molar-refractivity contribution in [2.75, 3.05) is 17.3 Å². The van der Waals surface area contributed by atoms with Gasteiger partial charge in [-0.3, -0.25) is 4.79 Å². The molecule has 0 atom stereocenters. The highest BCUT2D eigenvalue weighted by Crippen LogP contribution is 2.23. The van der Waals surface area contributed by atoms with Crippen LogP contribution in [-0.2, 0) is 12.0 Å². The SMILES string of the molecule is Cc1cc(C(=O)Nc2ccc(C(C)(C)C)cc2)nc(N(C)Cc2ccccc2)n1. The standard InChI is InChI=1S/C24H28N4O/c1-17-15-21(22(29)26-20-13-11-19(12-14-20)24(2,3)4)27-23(25-17)28(5)16-18-9-7-6-8-10-18/h6-15H,16H2,1-5H3,(H,26,29). The van der Waals surface area contributed by atoms with Gasteiger partial charge in [-0.2, -0.15) is 0 Å². The molecule has 0 radical (unpaired) electrons. The third-order valence-corrected chi connectivity index (χ3v) is 4.69. The van der Waals surface area contributed by atoms with Crippen molar-refractivity contribution in [1.29, 1.82) is 0 Å². The number of amides is 1. The van der Waals surface area contributed by atoms with E-state index in [-0.39, 0.29) is 11.3 Å². The Morgan fingerprint density at radius 1 is 1.00 bits per heavy atom. The van der Waals surface area contributed by atoms with E-state index in [2.05, 4.69) is 48.2 Å². The Kier molecular flexibility index (Phi) is 5.97. The van der Waals surface area contributed by atoms with Gasteiger partial charge in [-0.1, -0.05) is 63.2 Å². The summed E-state index contributed by atoms with van der Waals surface area (Å²) in [6, 6.07) is 19.8. The molecule has 1 heterocycles. The first kappa shape index (κ1) is 20.5. The van der Waals surface area contributed by atoms with E-state index in [1.165, 1.54) is 5.56 Å². The maximum atomic E-state index is 12.8. The van der Waals surface area contributed by atoms with E-state index >= 15 is 0 Å². The predicted octanol–water partition coefficient (Wildman–Crippen LogP) is 4.97. The third-order valence-electron chi connectivity index (χ3n) is 4.69. The van der Waals surface area contributed by atoms with Crippen molar-refractivity contribution in [3.8, 4) is 0 Å². The van der Waals surface area contributed by atoms with Crippen molar-refractivity contribution in [3.63, 3.8) is 0 Å². The van der Waals surface area contributed by atoms with Gasteiger partial charge in [0.25, 0.3) is 5.91 Å². The average molecular weight is 389 g/mol. The summed E-state index contributed by atoms with van der Waals surface area (Å²) >= 11 is 0. The molecule has 0 unspecified atom stereocenters. The maximum absolute atomic E-state index is 12.8. The predicted molar refractivity (Wildman–Crippen MR) is 118 cm³/mol. The molecule has 1 aromatic heterocycles. The summed E-state index contributed by atoms with van der Waals surface area (Å²) in [7, 11) is 1.93. The van der Waals surface area contributed by atoms with Crippen LogP contribution in [0.4, 0.5) is 11.6 Å². The molecule has 5 heteroatoms. The molecule has 2 aromatic carbocycles. The van der Waals surface area contributed by atoms with Crippen LogP contribution in [0, 0.1) is 6.92 Å². The van der Waals surface area contributed by atoms with Crippen LogP contribution in [0.1, 0.15) is 48.1 Å². The summed E-state index contributed by atoms with van der Waals surface area (Å²) in [6.07, 6.45) is 0. The van der Waals surface area contributed by atoms with Crippen molar-refractivity contribution in [2.45, 2.75) is 39.7 Å². The largest absolute Gasteiger partial charge is 0.340 e. The maximum Gasteiger partial charge on any atom is 0.274 e. The number of anilines is 2. The van der Waals surface area contributed by atoms with E-state index in [0.717, 1.165) is 16.9 Å². The molecule has 0 aliphatic rings. The summed E-state index contributed by atoms with van der Waals surface area (Å²) in [4.78, 5) is 23.7. The van der Waals surface area contributed by atoms with Crippen LogP contribution < -0.4 is 10.2 Å². The van der Waals surface area contributed by atoms with Crippen LogP contribution >= 0.6 is 0 Å². The Morgan fingerprint density at radius 3 is 2.28 bits per heavy atom. The van der Waals surface area contributed by atoms with Gasteiger partial charge in [-0.25, -0.2) is 9.97 Å². The normalized spacial score (nSPS) is 11.2. The molecule has 0 aliphatic carbocycles. The Labute approximate surface area is 172 Å². The number of carbonyl (C=O) groups is 1. The number of nitrogens with one attached hydrogen (secondary N) is 1. The molecule has 29 heavy (non-hydrogen) atoms. The number of carbonyl (C=O) groups excluding carboxylic acids is 1. The topological polar surface area (TPSA) is 58.1 Å². The highest BCUT2D eigenvalue weighted by atomic mass is 16.1. The van der Waals surface area contributed by atoms with Crippen molar-refractivity contribution >= 4 is 17.5 Å². The van der Waals surface area contributed by atoms with Gasteiger partial charge in [0, 0.05) is 25.0 Å². The first-order chi connectivity index (χ1) is 13.7. The van der Waals surface area contributed by atoms with Gasteiger partial charge in [-0.15, -0.1) is 0 Å². The number of rotatable bonds is 5. The zero-order chi connectivity index (χ0) is 21.0. The molecule has 150 valence electrons. The molecular weight excluding hydrogens is 360 g/mol. The van der Waals surface area contributed by atoms with Crippen LogP contribution in [-0.4, -0.2) is 22.9 Å². The summed E-state index contributed by atoms with van der Waals surface area (Å²) in [6.45, 7) is 9.03. The molecule has 1 N–H and O–H groups in total. The van der Waals surface area contributed by atoms with Crippen molar-refractivity contribution in [1.82, 2.24) is 9.97 Å². The minimum absolute atomic E-state index is 0.0740. The van der Waals surface area contributed by atoms with Gasteiger partial charge in [-0.05, 0) is 41.7 Å². The molecular formula is C24H28N4O. The Hall–Kier alpha value is -3.21. The highest BCUT2D eigenvalue weighted by Gasteiger charge is 2.15. The average Bonchev–Trinajstić information content (AvgIpc) is 2.68. The molecule has 0 saturated heterocycles. The fraction of sp³-hybridized carbons (Fsp3) is 0.292. The summed E-state index contributed by atoms with van der Waals surface area (Å²) in [5, 5.41) is 2.93. The molecule has 0 spiro atoms. The lowest BCUT2D eigenvalue weighted by Gasteiger charge is -2.19. The van der Waals surface area contributed by atoms with Crippen LogP contribution in [0.15, 0.2) is 60.7 Å². The number of aromatic nitrogens is 2. The lowest BCUT2D eigenvalue weighted by molar-refractivity contribution is 0.102. The molecule has 1 amide bonds. The van der Waals surface area contributed by atoms with E-state index in [4.69, 9.17) is 0 Å². The third kappa shape index (κ3) is 5.41. The van der Waals surface area contributed by atoms with Gasteiger partial charge in [0.1, 0.15) is 5.69 Å². The lowest BCUT2D eigenvalue weighted by atomic mass is 9.87. The summed E-state index contributed by atoms with van der Waals surface area (Å²) in [5.41, 5.74) is 4.31. The minimum Gasteiger partial charge on any atom is -0.340 e. The van der Waals surface area contributed by atoms with E-state index in [1.54, 1.807) is 6.07 Å². The van der Waals surface area contributed by atoms with Crippen LogP contribution in [0.25, 0.3) is 0 Å². The summed E-state index contributed by atoms with van der Waals surface area (Å²) < 4.78 is 0. The highest BCUT2D eigenvalue weighted by molar-refractivity contribution is 6.03. The first-order valence-corrected chi connectivity index (χ1v) is 9.75. The number of aryl methyl sites for hydroxylation is 1. The van der Waals surface area contributed by atoms with E-state index in [0.29, 0.717) is 18.2 Å². The number of hydrogen-bond donors (Lipinski definition) is 1. The van der Waals surface area contributed by atoms with Crippen molar-refractivity contribution in [3.05, 3.63) is 83.2 Å². The molecule has 0 fully saturated rings. The molecule has 0 saturated carbocycles. The van der Waals surface area contributed by atoms with E-state index < -0.39 is 0 Å². The van der Waals surface area contributed by atoms with Crippen LogP contribution in [0.3, 0.4) is 0 Å². The fourth-order valence-electron chi connectivity index (χ4n) is 3.02.